The lowest BCUT2D eigenvalue weighted by Crippen LogP contribution is -2.29. The fraction of sp³-hybridized carbons (Fsp3) is 0.304. The van der Waals surface area contributed by atoms with Crippen LogP contribution in [0, 0.1) is 13.8 Å². The Balaban J connectivity index is 1.71. The van der Waals surface area contributed by atoms with Crippen molar-refractivity contribution in [1.29, 1.82) is 0 Å². The monoisotopic (exact) mass is 404 g/mol. The molecule has 0 saturated heterocycles. The van der Waals surface area contributed by atoms with Gasteiger partial charge in [0.15, 0.2) is 11.5 Å². The van der Waals surface area contributed by atoms with E-state index < -0.39 is 11.2 Å². The molecule has 7 nitrogen and oxygen atoms in total. The molecule has 2 aliphatic rings. The number of fused-ring (bicyclic) bond motifs is 2. The van der Waals surface area contributed by atoms with Gasteiger partial charge in [0, 0.05) is 6.54 Å². The van der Waals surface area contributed by atoms with Gasteiger partial charge in [-0.3, -0.25) is 9.78 Å². The first kappa shape index (κ1) is 19.8. The fourth-order valence-corrected chi connectivity index (χ4v) is 3.64. The Morgan fingerprint density at radius 3 is 2.50 bits per heavy atom. The summed E-state index contributed by atoms with van der Waals surface area (Å²) in [7, 11) is 0. The Hall–Kier alpha value is -3.48. The summed E-state index contributed by atoms with van der Waals surface area (Å²) in [6.07, 6.45) is 1.67. The van der Waals surface area contributed by atoms with Crippen LogP contribution in [0.2, 0.25) is 0 Å². The van der Waals surface area contributed by atoms with Crippen LogP contribution in [0.1, 0.15) is 30.0 Å². The number of ether oxygens (including phenoxy) is 1. The molecule has 2 heterocycles. The van der Waals surface area contributed by atoms with Crippen LogP contribution in [-0.4, -0.2) is 26.1 Å². The van der Waals surface area contributed by atoms with E-state index in [2.05, 4.69) is 27.1 Å². The first-order valence-electron chi connectivity index (χ1n) is 10.1. The molecule has 0 radical (unpaired) electrons. The van der Waals surface area contributed by atoms with Crippen LogP contribution >= 0.6 is 0 Å². The molecule has 7 heteroatoms. The highest BCUT2D eigenvalue weighted by Crippen LogP contribution is 2.24. The highest BCUT2D eigenvalue weighted by Gasteiger charge is 2.19. The molecule has 0 amide bonds. The predicted octanol–water partition coefficient (Wildman–Crippen LogP) is 3.23. The van der Waals surface area contributed by atoms with Gasteiger partial charge in [0.05, 0.1) is 17.6 Å². The summed E-state index contributed by atoms with van der Waals surface area (Å²) in [6, 6.07) is 12.1. The van der Waals surface area contributed by atoms with Gasteiger partial charge in [-0.1, -0.05) is 12.1 Å². The minimum absolute atomic E-state index is 0.187. The summed E-state index contributed by atoms with van der Waals surface area (Å²) < 4.78 is 7.43. The lowest BCUT2D eigenvalue weighted by atomic mass is 10.1. The van der Waals surface area contributed by atoms with E-state index in [9.17, 15) is 9.59 Å². The lowest BCUT2D eigenvalue weighted by Gasteiger charge is -2.17. The zero-order valence-electron chi connectivity index (χ0n) is 17.4. The molecule has 0 spiro atoms. The van der Waals surface area contributed by atoms with Crippen LogP contribution in [0.15, 0.2) is 46.0 Å². The maximum Gasteiger partial charge on any atom is 0.349 e. The molecule has 0 unspecified atom stereocenters. The molecular formula is C23H24N4O3. The quantitative estimate of drug-likeness (QED) is 0.498. The van der Waals surface area contributed by atoms with Crippen LogP contribution in [0.4, 0.5) is 0 Å². The molecule has 154 valence electrons. The standard InChI is InChI=1S/C23H24N4O3/c1-4-30-17-9-7-16(8-10-17)6-5-11-27-19-13-15(3)14(2)12-18(19)24-20-21(27)25-23(29)26-22(20)28/h7-10,12-13H,4-6,11H2,1-3H3,(H,26,28,29). The normalized spacial score (nSPS) is 11.3. The zero-order chi connectivity index (χ0) is 21.3. The number of rotatable bonds is 6. The van der Waals surface area contributed by atoms with Crippen molar-refractivity contribution in [3.05, 3.63) is 73.9 Å². The van der Waals surface area contributed by atoms with E-state index in [0.717, 1.165) is 40.8 Å². The molecule has 4 rings (SSSR count). The molecule has 2 aromatic carbocycles. The summed E-state index contributed by atoms with van der Waals surface area (Å²) in [5, 5.41) is 0. The summed E-state index contributed by atoms with van der Waals surface area (Å²) in [5.74, 6) is 1.19. The number of aromatic amines is 1. The van der Waals surface area contributed by atoms with Gasteiger partial charge in [-0.2, -0.15) is 4.98 Å². The number of nitrogens with zero attached hydrogens (tertiary/aromatic N) is 3. The van der Waals surface area contributed by atoms with Crippen molar-refractivity contribution in [1.82, 2.24) is 19.5 Å². The number of aromatic nitrogens is 4. The largest absolute Gasteiger partial charge is 0.494 e. The van der Waals surface area contributed by atoms with Gasteiger partial charge >= 0.3 is 5.69 Å². The Bertz CT molecular complexity index is 1290. The third kappa shape index (κ3) is 3.83. The first-order chi connectivity index (χ1) is 14.5. The number of hydrogen-bond acceptors (Lipinski definition) is 5. The van der Waals surface area contributed by atoms with Gasteiger partial charge in [-0.05, 0) is 74.6 Å². The van der Waals surface area contributed by atoms with Crippen LogP contribution in [0.3, 0.4) is 0 Å². The van der Waals surface area contributed by atoms with Gasteiger partial charge in [0.25, 0.3) is 5.56 Å². The van der Waals surface area contributed by atoms with Crippen molar-refractivity contribution < 1.29 is 4.74 Å². The molecular weight excluding hydrogens is 380 g/mol. The van der Waals surface area contributed by atoms with Crippen LogP contribution < -0.4 is 16.0 Å². The van der Waals surface area contributed by atoms with E-state index in [-0.39, 0.29) is 5.69 Å². The van der Waals surface area contributed by atoms with Gasteiger partial charge in [0.2, 0.25) is 0 Å². The third-order valence-electron chi connectivity index (χ3n) is 5.31. The molecule has 0 saturated carbocycles. The van der Waals surface area contributed by atoms with Crippen molar-refractivity contribution >= 4 is 11.0 Å². The van der Waals surface area contributed by atoms with E-state index in [4.69, 9.17) is 4.74 Å². The van der Waals surface area contributed by atoms with Crippen molar-refractivity contribution in [2.75, 3.05) is 6.61 Å². The van der Waals surface area contributed by atoms with Crippen molar-refractivity contribution in [3.63, 3.8) is 0 Å². The minimum Gasteiger partial charge on any atom is -0.494 e. The van der Waals surface area contributed by atoms with E-state index in [1.807, 2.05) is 49.6 Å². The average molecular weight is 404 g/mol. The number of H-pyrrole nitrogens is 1. The van der Waals surface area contributed by atoms with Crippen LogP contribution in [0.25, 0.3) is 22.6 Å². The van der Waals surface area contributed by atoms with Crippen LogP contribution in [-0.2, 0) is 13.0 Å². The van der Waals surface area contributed by atoms with Gasteiger partial charge in [-0.15, -0.1) is 0 Å². The smallest absolute Gasteiger partial charge is 0.349 e. The van der Waals surface area contributed by atoms with E-state index in [1.54, 1.807) is 0 Å². The Morgan fingerprint density at radius 1 is 1.03 bits per heavy atom. The highest BCUT2D eigenvalue weighted by atomic mass is 16.5. The zero-order valence-corrected chi connectivity index (χ0v) is 17.4. The summed E-state index contributed by atoms with van der Waals surface area (Å²) >= 11 is 0. The number of aryl methyl sites for hydroxylation is 4. The molecule has 0 atom stereocenters. The van der Waals surface area contributed by atoms with Gasteiger partial charge < -0.3 is 9.30 Å². The topological polar surface area (TPSA) is 89.9 Å². The van der Waals surface area contributed by atoms with E-state index in [1.165, 1.54) is 5.56 Å². The number of hydrogen-bond donors (Lipinski definition) is 1. The molecule has 2 aromatic rings. The minimum atomic E-state index is -0.655. The molecule has 1 N–H and O–H groups in total. The number of benzene rings is 2. The summed E-state index contributed by atoms with van der Waals surface area (Å²) in [4.78, 5) is 35.0. The molecule has 0 aromatic heterocycles. The summed E-state index contributed by atoms with van der Waals surface area (Å²) in [5.41, 5.74) is 4.03. The van der Waals surface area contributed by atoms with Crippen LogP contribution in [0.5, 0.6) is 5.75 Å². The summed E-state index contributed by atoms with van der Waals surface area (Å²) in [6.45, 7) is 7.27. The second-order valence-corrected chi connectivity index (χ2v) is 7.41. The Morgan fingerprint density at radius 2 is 1.77 bits per heavy atom. The predicted molar refractivity (Wildman–Crippen MR) is 116 cm³/mol. The molecule has 2 aliphatic heterocycles. The Kier molecular flexibility index (Phi) is 5.35. The maximum atomic E-state index is 12.3. The second kappa shape index (κ2) is 8.10. The Labute approximate surface area is 173 Å². The molecule has 0 fully saturated rings. The fourth-order valence-electron chi connectivity index (χ4n) is 3.64. The average Bonchev–Trinajstić information content (AvgIpc) is 2.71. The second-order valence-electron chi connectivity index (χ2n) is 7.41. The number of nitrogens with one attached hydrogen (secondary N) is 1. The van der Waals surface area contributed by atoms with Crippen molar-refractivity contribution in [3.8, 4) is 17.3 Å². The van der Waals surface area contributed by atoms with Crippen molar-refractivity contribution in [2.45, 2.75) is 40.2 Å². The first-order valence-corrected chi connectivity index (χ1v) is 10.1. The lowest BCUT2D eigenvalue weighted by molar-refractivity contribution is 0.340. The molecule has 0 aliphatic carbocycles. The van der Waals surface area contributed by atoms with Crippen molar-refractivity contribution in [2.24, 2.45) is 0 Å². The van der Waals surface area contributed by atoms with E-state index >= 15 is 0 Å². The maximum absolute atomic E-state index is 12.3. The third-order valence-corrected chi connectivity index (χ3v) is 5.31. The van der Waals surface area contributed by atoms with Gasteiger partial charge in [-0.25, -0.2) is 9.78 Å². The van der Waals surface area contributed by atoms with Gasteiger partial charge in [0.1, 0.15) is 5.75 Å². The van der Waals surface area contributed by atoms with E-state index in [0.29, 0.717) is 19.0 Å². The molecule has 30 heavy (non-hydrogen) atoms. The SMILES string of the molecule is CCOc1ccc(CCCn2c3nc(=O)[nH]c(=O)c-3nc3cc(C)c(C)cc32)cc1. The molecule has 0 bridgehead atoms. The highest BCUT2D eigenvalue weighted by molar-refractivity contribution is 5.81.